The van der Waals surface area contributed by atoms with Gasteiger partial charge in [0, 0.05) is 18.8 Å². The molecule has 2 amide bonds. The molecule has 0 aromatic carbocycles. The Labute approximate surface area is 136 Å². The third-order valence-electron chi connectivity index (χ3n) is 4.82. The van der Waals surface area contributed by atoms with Gasteiger partial charge in [-0.15, -0.1) is 0 Å². The first kappa shape index (κ1) is 16.2. The molecule has 1 aromatic rings. The van der Waals surface area contributed by atoms with Gasteiger partial charge < -0.3 is 4.90 Å². The number of likely N-dealkylation sites (tertiary alicyclic amines) is 1. The van der Waals surface area contributed by atoms with Crippen molar-refractivity contribution in [3.05, 3.63) is 18.3 Å². The van der Waals surface area contributed by atoms with Gasteiger partial charge in [0.2, 0.25) is 10.0 Å². The molecule has 23 heavy (non-hydrogen) atoms. The molecule has 0 bridgehead atoms. The molecule has 3 rings (SSSR count). The average Bonchev–Trinajstić information content (AvgIpc) is 2.99. The molecular formula is C15H22N4O3S. The Morgan fingerprint density at radius 1 is 1.26 bits per heavy atom. The topological polar surface area (TPSA) is 91.4 Å². The summed E-state index contributed by atoms with van der Waals surface area (Å²) in [5.41, 5.74) is 0. The van der Waals surface area contributed by atoms with Crippen molar-refractivity contribution >= 4 is 21.9 Å². The maximum atomic E-state index is 12.5. The van der Waals surface area contributed by atoms with Gasteiger partial charge in [-0.1, -0.05) is 12.8 Å². The zero-order chi connectivity index (χ0) is 16.4. The van der Waals surface area contributed by atoms with Gasteiger partial charge in [0.1, 0.15) is 10.7 Å². The minimum absolute atomic E-state index is 0.0755. The molecule has 0 unspecified atom stereocenters. The first-order valence-electron chi connectivity index (χ1n) is 7.98. The summed E-state index contributed by atoms with van der Waals surface area (Å²) in [6.07, 6.45) is 7.05. The van der Waals surface area contributed by atoms with Crippen LogP contribution in [0.25, 0.3) is 0 Å². The smallest absolute Gasteiger partial charge is 0.321 e. The summed E-state index contributed by atoms with van der Waals surface area (Å²) in [6, 6.07) is 3.14. The van der Waals surface area contributed by atoms with Crippen LogP contribution in [-0.2, 0) is 10.0 Å². The number of anilines is 1. The summed E-state index contributed by atoms with van der Waals surface area (Å²) in [7, 11) is -2.16. The Morgan fingerprint density at radius 3 is 2.74 bits per heavy atom. The summed E-state index contributed by atoms with van der Waals surface area (Å²) in [6.45, 7) is 0.785. The highest BCUT2D eigenvalue weighted by atomic mass is 32.2. The molecule has 1 saturated carbocycles. The molecule has 0 spiro atoms. The molecule has 7 nitrogen and oxygen atoms in total. The highest BCUT2D eigenvalue weighted by molar-refractivity contribution is 7.89. The number of aromatic nitrogens is 1. The number of rotatable bonds is 3. The Morgan fingerprint density at radius 2 is 2.04 bits per heavy atom. The van der Waals surface area contributed by atoms with Crippen molar-refractivity contribution in [1.29, 1.82) is 0 Å². The average molecular weight is 338 g/mol. The fraction of sp³-hybridized carbons (Fsp3) is 0.600. The van der Waals surface area contributed by atoms with Crippen LogP contribution in [0.15, 0.2) is 23.2 Å². The number of carbonyl (C=O) groups is 1. The van der Waals surface area contributed by atoms with E-state index in [0.29, 0.717) is 17.8 Å². The Kier molecular flexibility index (Phi) is 4.54. The van der Waals surface area contributed by atoms with Crippen LogP contribution in [0.4, 0.5) is 10.6 Å². The van der Waals surface area contributed by atoms with Gasteiger partial charge >= 0.3 is 6.03 Å². The van der Waals surface area contributed by atoms with Gasteiger partial charge in [0.05, 0.1) is 0 Å². The van der Waals surface area contributed by atoms with Crippen LogP contribution in [0.1, 0.15) is 32.1 Å². The minimum Gasteiger partial charge on any atom is -0.321 e. The number of pyridine rings is 1. The lowest BCUT2D eigenvalue weighted by atomic mass is 9.85. The Bertz CT molecular complexity index is 674. The van der Waals surface area contributed by atoms with Gasteiger partial charge in [0.25, 0.3) is 0 Å². The molecule has 2 N–H and O–H groups in total. The number of hydrogen-bond donors (Lipinski definition) is 2. The van der Waals surface area contributed by atoms with E-state index < -0.39 is 10.0 Å². The fourth-order valence-corrected chi connectivity index (χ4v) is 4.24. The summed E-state index contributed by atoms with van der Waals surface area (Å²) >= 11 is 0. The number of nitrogens with zero attached hydrogens (tertiary/aromatic N) is 2. The first-order valence-corrected chi connectivity index (χ1v) is 9.47. The first-order chi connectivity index (χ1) is 11.0. The molecule has 2 atom stereocenters. The molecule has 0 radical (unpaired) electrons. The van der Waals surface area contributed by atoms with Crippen molar-refractivity contribution in [1.82, 2.24) is 14.6 Å². The summed E-state index contributed by atoms with van der Waals surface area (Å²) in [4.78, 5) is 18.5. The second-order valence-electron chi connectivity index (χ2n) is 6.11. The van der Waals surface area contributed by atoms with E-state index in [1.807, 2.05) is 4.90 Å². The van der Waals surface area contributed by atoms with Crippen LogP contribution >= 0.6 is 0 Å². The molecule has 1 aromatic heterocycles. The maximum Gasteiger partial charge on any atom is 0.323 e. The van der Waals surface area contributed by atoms with E-state index in [9.17, 15) is 13.2 Å². The summed E-state index contributed by atoms with van der Waals surface area (Å²) < 4.78 is 25.5. The predicted octanol–water partition coefficient (Wildman–Crippen LogP) is 1.79. The maximum absolute atomic E-state index is 12.5. The molecule has 126 valence electrons. The second-order valence-corrected chi connectivity index (χ2v) is 8.00. The number of urea groups is 1. The van der Waals surface area contributed by atoms with E-state index in [-0.39, 0.29) is 10.9 Å². The zero-order valence-corrected chi connectivity index (χ0v) is 14.0. The number of amides is 2. The van der Waals surface area contributed by atoms with Crippen molar-refractivity contribution in [3.8, 4) is 0 Å². The number of nitrogens with one attached hydrogen (secondary N) is 2. The van der Waals surface area contributed by atoms with E-state index in [4.69, 9.17) is 0 Å². The van der Waals surface area contributed by atoms with Gasteiger partial charge in [-0.05, 0) is 44.4 Å². The number of sulfonamides is 1. The monoisotopic (exact) mass is 338 g/mol. The SMILES string of the molecule is CNS(=O)(=O)c1ccc(NC(=O)N2CC[C@H]3CCCC[C@H]32)nc1. The van der Waals surface area contributed by atoms with Crippen molar-refractivity contribution in [2.75, 3.05) is 18.9 Å². The number of fused-ring (bicyclic) bond motifs is 1. The van der Waals surface area contributed by atoms with Crippen LogP contribution in [0.5, 0.6) is 0 Å². The van der Waals surface area contributed by atoms with E-state index in [2.05, 4.69) is 15.0 Å². The van der Waals surface area contributed by atoms with E-state index in [1.165, 1.54) is 44.6 Å². The van der Waals surface area contributed by atoms with Gasteiger partial charge in [-0.2, -0.15) is 0 Å². The van der Waals surface area contributed by atoms with Crippen LogP contribution in [-0.4, -0.2) is 44.0 Å². The Balaban J connectivity index is 1.66. The van der Waals surface area contributed by atoms with Crippen molar-refractivity contribution < 1.29 is 13.2 Å². The van der Waals surface area contributed by atoms with Crippen LogP contribution in [0, 0.1) is 5.92 Å². The summed E-state index contributed by atoms with van der Waals surface area (Å²) in [5, 5.41) is 2.77. The Hall–Kier alpha value is -1.67. The van der Waals surface area contributed by atoms with E-state index in [0.717, 1.165) is 19.4 Å². The normalized spacial score (nSPS) is 24.3. The zero-order valence-electron chi connectivity index (χ0n) is 13.2. The minimum atomic E-state index is -3.51. The molecule has 1 saturated heterocycles. The highest BCUT2D eigenvalue weighted by Gasteiger charge is 2.38. The largest absolute Gasteiger partial charge is 0.323 e. The van der Waals surface area contributed by atoms with Crippen LogP contribution in [0.2, 0.25) is 0 Å². The summed E-state index contributed by atoms with van der Waals surface area (Å²) in [5.74, 6) is 0.995. The van der Waals surface area contributed by atoms with E-state index in [1.54, 1.807) is 0 Å². The molecule has 2 aliphatic rings. The van der Waals surface area contributed by atoms with Crippen LogP contribution in [0.3, 0.4) is 0 Å². The fourth-order valence-electron chi connectivity index (χ4n) is 3.57. The lowest BCUT2D eigenvalue weighted by Gasteiger charge is -2.31. The van der Waals surface area contributed by atoms with Gasteiger partial charge in [-0.25, -0.2) is 22.9 Å². The van der Waals surface area contributed by atoms with E-state index >= 15 is 0 Å². The standard InChI is InChI=1S/C15H22N4O3S/c1-16-23(21,22)12-6-7-14(17-10-12)18-15(20)19-9-8-11-4-2-3-5-13(11)19/h6-7,10-11,13,16H,2-5,8-9H2,1H3,(H,17,18,20)/t11-,13-/m1/s1. The van der Waals surface area contributed by atoms with Crippen LogP contribution < -0.4 is 10.0 Å². The third-order valence-corrected chi connectivity index (χ3v) is 6.22. The molecular weight excluding hydrogens is 316 g/mol. The molecule has 1 aliphatic heterocycles. The quantitative estimate of drug-likeness (QED) is 0.879. The predicted molar refractivity (Wildman–Crippen MR) is 86.6 cm³/mol. The number of carbonyl (C=O) groups excluding carboxylic acids is 1. The molecule has 8 heteroatoms. The van der Waals surface area contributed by atoms with Crippen molar-refractivity contribution in [2.45, 2.75) is 43.0 Å². The van der Waals surface area contributed by atoms with Gasteiger partial charge in [0.15, 0.2) is 0 Å². The molecule has 2 heterocycles. The highest BCUT2D eigenvalue weighted by Crippen LogP contribution is 2.36. The second kappa shape index (κ2) is 6.45. The number of hydrogen-bond acceptors (Lipinski definition) is 4. The third kappa shape index (κ3) is 3.32. The lowest BCUT2D eigenvalue weighted by molar-refractivity contribution is 0.181. The van der Waals surface area contributed by atoms with Crippen molar-refractivity contribution in [3.63, 3.8) is 0 Å². The molecule has 2 fully saturated rings. The lowest BCUT2D eigenvalue weighted by Crippen LogP contribution is -2.41. The molecule has 1 aliphatic carbocycles. The van der Waals surface area contributed by atoms with Gasteiger partial charge in [-0.3, -0.25) is 5.32 Å². The van der Waals surface area contributed by atoms with Crippen molar-refractivity contribution in [2.24, 2.45) is 5.92 Å².